The molecule has 2 saturated heterocycles. The molecule has 3 heterocycles. The molecule has 26 heavy (non-hydrogen) atoms. The lowest BCUT2D eigenvalue weighted by molar-refractivity contribution is 0.121. The quantitative estimate of drug-likeness (QED) is 0.815. The van der Waals surface area contributed by atoms with Crippen LogP contribution in [0, 0.1) is 5.82 Å². The molecule has 2 fully saturated rings. The molecule has 4 heteroatoms. The molecule has 4 rings (SSSR count). The van der Waals surface area contributed by atoms with E-state index in [0.29, 0.717) is 5.54 Å². The second-order valence-electron chi connectivity index (χ2n) is 7.40. The van der Waals surface area contributed by atoms with Crippen molar-refractivity contribution < 1.29 is 4.39 Å². The summed E-state index contributed by atoms with van der Waals surface area (Å²) in [5.41, 5.74) is 1.41. The Morgan fingerprint density at radius 3 is 2.54 bits per heavy atom. The Balaban J connectivity index is 1.37. The number of rotatable bonds is 4. The number of anilines is 1. The number of hydrogen-bond acceptors (Lipinski definition) is 3. The van der Waals surface area contributed by atoms with Crippen molar-refractivity contribution in [1.29, 1.82) is 0 Å². The van der Waals surface area contributed by atoms with Crippen LogP contribution >= 0.6 is 0 Å². The third-order valence-corrected chi connectivity index (χ3v) is 5.91. The number of halogens is 1. The summed E-state index contributed by atoms with van der Waals surface area (Å²) in [7, 11) is 0. The van der Waals surface area contributed by atoms with Crippen LogP contribution in [0.2, 0.25) is 0 Å². The molecule has 0 bridgehead atoms. The van der Waals surface area contributed by atoms with E-state index in [9.17, 15) is 4.39 Å². The summed E-state index contributed by atoms with van der Waals surface area (Å²) >= 11 is 0. The number of likely N-dealkylation sites (tertiary alicyclic amines) is 1. The van der Waals surface area contributed by atoms with Crippen LogP contribution in [-0.4, -0.2) is 41.6 Å². The van der Waals surface area contributed by atoms with Crippen LogP contribution in [0.15, 0.2) is 54.7 Å². The first-order valence-electron chi connectivity index (χ1n) is 9.58. The Labute approximate surface area is 155 Å². The van der Waals surface area contributed by atoms with Crippen LogP contribution < -0.4 is 4.90 Å². The lowest BCUT2D eigenvalue weighted by Gasteiger charge is -2.45. The zero-order valence-corrected chi connectivity index (χ0v) is 15.1. The molecule has 2 aromatic rings. The van der Waals surface area contributed by atoms with E-state index < -0.39 is 0 Å². The van der Waals surface area contributed by atoms with E-state index in [-0.39, 0.29) is 5.82 Å². The van der Waals surface area contributed by atoms with Crippen LogP contribution in [0.4, 0.5) is 10.2 Å². The first-order valence-corrected chi connectivity index (χ1v) is 9.58. The molecule has 1 aromatic carbocycles. The van der Waals surface area contributed by atoms with Crippen molar-refractivity contribution >= 4 is 11.9 Å². The maximum atomic E-state index is 13.0. The van der Waals surface area contributed by atoms with Crippen LogP contribution in [0.25, 0.3) is 6.08 Å². The highest BCUT2D eigenvalue weighted by atomic mass is 19.1. The molecule has 136 valence electrons. The number of benzene rings is 1. The van der Waals surface area contributed by atoms with Gasteiger partial charge in [-0.05, 0) is 62.1 Å². The van der Waals surface area contributed by atoms with Crippen LogP contribution in [0.3, 0.4) is 0 Å². The van der Waals surface area contributed by atoms with E-state index in [1.807, 2.05) is 24.4 Å². The minimum atomic E-state index is -0.180. The number of hydrogen-bond donors (Lipinski definition) is 0. The van der Waals surface area contributed by atoms with Gasteiger partial charge >= 0.3 is 0 Å². The predicted octanol–water partition coefficient (Wildman–Crippen LogP) is 4.37. The second kappa shape index (κ2) is 7.58. The van der Waals surface area contributed by atoms with Gasteiger partial charge in [0.15, 0.2) is 0 Å². The van der Waals surface area contributed by atoms with Gasteiger partial charge < -0.3 is 4.90 Å². The normalized spacial score (nSPS) is 20.3. The Morgan fingerprint density at radius 2 is 1.81 bits per heavy atom. The third kappa shape index (κ3) is 3.65. The van der Waals surface area contributed by atoms with Crippen molar-refractivity contribution in [3.8, 4) is 0 Å². The monoisotopic (exact) mass is 351 g/mol. The molecular formula is C22H26FN3. The second-order valence-corrected chi connectivity index (χ2v) is 7.40. The highest BCUT2D eigenvalue weighted by Crippen LogP contribution is 2.39. The van der Waals surface area contributed by atoms with Gasteiger partial charge in [-0.2, -0.15) is 0 Å². The minimum Gasteiger partial charge on any atom is -0.356 e. The van der Waals surface area contributed by atoms with E-state index >= 15 is 0 Å². The van der Waals surface area contributed by atoms with Gasteiger partial charge in [-0.25, -0.2) is 9.37 Å². The van der Waals surface area contributed by atoms with E-state index in [2.05, 4.69) is 39.1 Å². The molecule has 0 amide bonds. The van der Waals surface area contributed by atoms with E-state index in [1.165, 1.54) is 44.4 Å². The van der Waals surface area contributed by atoms with Crippen molar-refractivity contribution in [2.45, 2.75) is 31.2 Å². The molecule has 2 aliphatic heterocycles. The van der Waals surface area contributed by atoms with Gasteiger partial charge in [0.2, 0.25) is 0 Å². The van der Waals surface area contributed by atoms with Crippen LogP contribution in [0.5, 0.6) is 0 Å². The summed E-state index contributed by atoms with van der Waals surface area (Å²) in [6.45, 7) is 4.31. The van der Waals surface area contributed by atoms with Gasteiger partial charge in [-0.1, -0.05) is 30.4 Å². The summed E-state index contributed by atoms with van der Waals surface area (Å²) in [5, 5.41) is 0. The topological polar surface area (TPSA) is 19.4 Å². The Kier molecular flexibility index (Phi) is 5.02. The maximum absolute atomic E-state index is 13.0. The largest absolute Gasteiger partial charge is 0.356 e. The summed E-state index contributed by atoms with van der Waals surface area (Å²) in [4.78, 5) is 9.57. The maximum Gasteiger partial charge on any atom is 0.128 e. The molecule has 1 spiro atoms. The van der Waals surface area contributed by atoms with Gasteiger partial charge in [0.05, 0.1) is 0 Å². The molecule has 2 aliphatic rings. The molecular weight excluding hydrogens is 325 g/mol. The third-order valence-electron chi connectivity index (χ3n) is 5.91. The number of aromatic nitrogens is 1. The Hall–Kier alpha value is -2.20. The fraction of sp³-hybridized carbons (Fsp3) is 0.409. The van der Waals surface area contributed by atoms with Gasteiger partial charge in [-0.3, -0.25) is 4.90 Å². The molecule has 3 nitrogen and oxygen atoms in total. The summed E-state index contributed by atoms with van der Waals surface area (Å²) < 4.78 is 13.0. The fourth-order valence-electron chi connectivity index (χ4n) is 4.43. The lowest BCUT2D eigenvalue weighted by Crippen LogP contribution is -2.52. The average molecular weight is 351 g/mol. The molecule has 0 atom stereocenters. The van der Waals surface area contributed by atoms with Gasteiger partial charge in [-0.15, -0.1) is 0 Å². The zero-order chi connectivity index (χ0) is 17.8. The average Bonchev–Trinajstić information content (AvgIpc) is 3.07. The lowest BCUT2D eigenvalue weighted by atomic mass is 9.85. The zero-order valence-electron chi connectivity index (χ0n) is 15.1. The van der Waals surface area contributed by atoms with E-state index in [0.717, 1.165) is 31.0 Å². The molecule has 0 radical (unpaired) electrons. The van der Waals surface area contributed by atoms with Crippen molar-refractivity contribution in [3.05, 3.63) is 66.1 Å². The predicted molar refractivity (Wildman–Crippen MR) is 105 cm³/mol. The van der Waals surface area contributed by atoms with Gasteiger partial charge in [0.1, 0.15) is 11.6 Å². The van der Waals surface area contributed by atoms with Gasteiger partial charge in [0, 0.05) is 31.4 Å². The summed E-state index contributed by atoms with van der Waals surface area (Å²) in [5.74, 6) is 0.920. The number of piperidine rings is 1. The fourth-order valence-corrected chi connectivity index (χ4v) is 4.43. The number of nitrogens with zero attached hydrogens (tertiary/aromatic N) is 3. The van der Waals surface area contributed by atoms with Gasteiger partial charge in [0.25, 0.3) is 0 Å². The van der Waals surface area contributed by atoms with Crippen molar-refractivity contribution in [1.82, 2.24) is 9.88 Å². The smallest absolute Gasteiger partial charge is 0.128 e. The Bertz CT molecular complexity index is 734. The van der Waals surface area contributed by atoms with E-state index in [4.69, 9.17) is 0 Å². The van der Waals surface area contributed by atoms with E-state index in [1.54, 1.807) is 0 Å². The molecule has 0 aliphatic carbocycles. The molecule has 0 saturated carbocycles. The van der Waals surface area contributed by atoms with Crippen LogP contribution in [-0.2, 0) is 0 Å². The standard InChI is InChI=1S/C22H26FN3/c23-20-9-7-19(8-10-20)5-3-15-26-16-4-11-22(26)12-17-25(18-13-22)21-6-1-2-14-24-21/h1-3,5-10,14H,4,11-13,15-18H2. The molecule has 0 unspecified atom stereocenters. The highest BCUT2D eigenvalue weighted by Gasteiger charge is 2.42. The minimum absolute atomic E-state index is 0.180. The van der Waals surface area contributed by atoms with Crippen LogP contribution in [0.1, 0.15) is 31.2 Å². The Morgan fingerprint density at radius 1 is 1.00 bits per heavy atom. The highest BCUT2D eigenvalue weighted by molar-refractivity contribution is 5.49. The van der Waals surface area contributed by atoms with Crippen molar-refractivity contribution in [3.63, 3.8) is 0 Å². The molecule has 1 aromatic heterocycles. The first kappa shape index (κ1) is 17.2. The summed E-state index contributed by atoms with van der Waals surface area (Å²) in [6, 6.07) is 12.8. The first-order chi connectivity index (χ1) is 12.8. The van der Waals surface area contributed by atoms with Crippen molar-refractivity contribution in [2.75, 3.05) is 31.1 Å². The van der Waals surface area contributed by atoms with Crippen molar-refractivity contribution in [2.24, 2.45) is 0 Å². The summed E-state index contributed by atoms with van der Waals surface area (Å²) in [6.07, 6.45) is 11.2. The molecule has 0 N–H and O–H groups in total. The number of pyridine rings is 1. The SMILES string of the molecule is Fc1ccc(C=CCN2CCCC23CCN(c2ccccn2)CC3)cc1.